The Bertz CT molecular complexity index is 3040. The molecule has 0 saturated heterocycles. The fraction of sp³-hybridized carbons (Fsp3) is 0.152. The molecule has 0 aliphatic rings. The standard InChI is InChI=1S/C23H20Cl3N3O.C23H18Cl3N3O/c2*1-14-4-2-3-5-16(14)12-28-21-11-17(24)7-9-20(21)29(23(28)27)13-22(30)15-6-8-18(25)19(26)10-15/h2-11,22,27,30H,12-13H2,1H3;2-11,27H,12-13H2,1H3. The number of carbonyl (C=O) groups is 1. The molecule has 8 aromatic rings. The summed E-state index contributed by atoms with van der Waals surface area (Å²) in [5.74, 6) is -0.156. The normalized spacial score (nSPS) is 11.8. The van der Waals surface area contributed by atoms with Crippen LogP contribution >= 0.6 is 69.6 Å². The molecule has 0 aliphatic heterocycles. The van der Waals surface area contributed by atoms with Crippen LogP contribution < -0.4 is 11.2 Å². The summed E-state index contributed by atoms with van der Waals surface area (Å²) >= 11 is 36.6. The number of imidazole rings is 2. The fourth-order valence-electron chi connectivity index (χ4n) is 7.11. The second kappa shape index (κ2) is 18.5. The van der Waals surface area contributed by atoms with Crippen molar-refractivity contribution in [1.29, 1.82) is 10.8 Å². The van der Waals surface area contributed by atoms with Crippen LogP contribution in [0.25, 0.3) is 22.1 Å². The number of Topliss-reactive ketones (excluding diaryl/α,β-unsaturated/α-hetero) is 1. The van der Waals surface area contributed by atoms with Crippen LogP contribution in [0, 0.1) is 24.7 Å². The average molecular weight is 920 g/mol. The van der Waals surface area contributed by atoms with Gasteiger partial charge >= 0.3 is 0 Å². The van der Waals surface area contributed by atoms with Gasteiger partial charge in [-0.3, -0.25) is 15.6 Å². The summed E-state index contributed by atoms with van der Waals surface area (Å²) in [6, 6.07) is 37.0. The second-order valence-electron chi connectivity index (χ2n) is 14.4. The minimum atomic E-state index is -0.845. The maximum absolute atomic E-state index is 12.9. The van der Waals surface area contributed by atoms with Crippen molar-refractivity contribution >= 4 is 97.5 Å². The molecule has 2 heterocycles. The highest BCUT2D eigenvalue weighted by molar-refractivity contribution is 6.42. The van der Waals surface area contributed by atoms with E-state index in [4.69, 9.17) is 80.4 Å². The molecular formula is C46H38Cl6N6O2. The number of carbonyl (C=O) groups excluding carboxylic acids is 1. The number of fused-ring (bicyclic) bond motifs is 2. The lowest BCUT2D eigenvalue weighted by Gasteiger charge is -2.13. The average Bonchev–Trinajstić information content (AvgIpc) is 3.62. The zero-order valence-corrected chi connectivity index (χ0v) is 36.9. The Labute approximate surface area is 376 Å². The Kier molecular flexibility index (Phi) is 13.3. The lowest BCUT2D eigenvalue weighted by Crippen LogP contribution is -2.27. The van der Waals surface area contributed by atoms with Crippen LogP contribution in [0.4, 0.5) is 0 Å². The number of nitrogens with one attached hydrogen (secondary N) is 2. The van der Waals surface area contributed by atoms with Gasteiger partial charge in [-0.25, -0.2) is 0 Å². The van der Waals surface area contributed by atoms with Crippen molar-refractivity contribution in [2.45, 2.75) is 46.1 Å². The van der Waals surface area contributed by atoms with Crippen molar-refractivity contribution in [1.82, 2.24) is 18.3 Å². The van der Waals surface area contributed by atoms with Gasteiger partial charge in [0.2, 0.25) is 11.2 Å². The number of rotatable bonds is 10. The van der Waals surface area contributed by atoms with Gasteiger partial charge in [0.1, 0.15) is 0 Å². The van der Waals surface area contributed by atoms with E-state index in [0.717, 1.165) is 44.3 Å². The number of ketones is 1. The van der Waals surface area contributed by atoms with Gasteiger partial charge in [-0.05, 0) is 108 Å². The molecule has 0 amide bonds. The summed E-state index contributed by atoms with van der Waals surface area (Å²) in [6.07, 6.45) is -0.845. The fourth-order valence-corrected chi connectivity index (χ4v) is 8.05. The van der Waals surface area contributed by atoms with E-state index in [0.29, 0.717) is 54.4 Å². The van der Waals surface area contributed by atoms with Gasteiger partial charge in [-0.15, -0.1) is 0 Å². The van der Waals surface area contributed by atoms with E-state index in [-0.39, 0.29) is 30.1 Å². The van der Waals surface area contributed by atoms with E-state index in [1.165, 1.54) is 0 Å². The van der Waals surface area contributed by atoms with E-state index >= 15 is 0 Å². The molecule has 0 radical (unpaired) electrons. The lowest BCUT2D eigenvalue weighted by molar-refractivity contribution is 0.0971. The van der Waals surface area contributed by atoms with Crippen LogP contribution in [0.2, 0.25) is 30.1 Å². The Morgan fingerprint density at radius 2 is 1.03 bits per heavy atom. The van der Waals surface area contributed by atoms with Crippen molar-refractivity contribution < 1.29 is 9.90 Å². The summed E-state index contributed by atoms with van der Waals surface area (Å²) in [5, 5.41) is 31.2. The molecule has 0 aliphatic carbocycles. The van der Waals surface area contributed by atoms with E-state index in [9.17, 15) is 9.90 Å². The van der Waals surface area contributed by atoms with Crippen LogP contribution in [-0.2, 0) is 26.2 Å². The highest BCUT2D eigenvalue weighted by Gasteiger charge is 2.19. The number of halogens is 6. The first kappa shape index (κ1) is 43.3. The predicted molar refractivity (Wildman–Crippen MR) is 244 cm³/mol. The van der Waals surface area contributed by atoms with Gasteiger partial charge in [0.05, 0.1) is 74.4 Å². The van der Waals surface area contributed by atoms with Crippen LogP contribution in [0.1, 0.15) is 44.3 Å². The molecule has 8 nitrogen and oxygen atoms in total. The van der Waals surface area contributed by atoms with Crippen LogP contribution in [-0.4, -0.2) is 29.2 Å². The van der Waals surface area contributed by atoms with Gasteiger partial charge in [0.15, 0.2) is 5.78 Å². The van der Waals surface area contributed by atoms with Gasteiger partial charge in [-0.2, -0.15) is 0 Å². The molecule has 6 aromatic carbocycles. The van der Waals surface area contributed by atoms with Crippen LogP contribution in [0.5, 0.6) is 0 Å². The zero-order valence-electron chi connectivity index (χ0n) is 32.4. The predicted octanol–water partition coefficient (Wildman–Crippen LogP) is 12.1. The van der Waals surface area contributed by atoms with E-state index in [1.807, 2.05) is 76.7 Å². The van der Waals surface area contributed by atoms with Crippen molar-refractivity contribution in [2.75, 3.05) is 0 Å². The maximum Gasteiger partial charge on any atom is 0.203 e. The summed E-state index contributed by atoms with van der Waals surface area (Å²) in [4.78, 5) is 12.9. The number of hydrogen-bond donors (Lipinski definition) is 3. The number of aryl methyl sites for hydroxylation is 2. The Morgan fingerprint density at radius 1 is 0.550 bits per heavy atom. The molecular weight excluding hydrogens is 881 g/mol. The molecule has 2 aromatic heterocycles. The summed E-state index contributed by atoms with van der Waals surface area (Å²) in [7, 11) is 0. The smallest absolute Gasteiger partial charge is 0.203 e. The molecule has 0 saturated carbocycles. The van der Waals surface area contributed by atoms with Crippen molar-refractivity contribution in [2.24, 2.45) is 0 Å². The number of benzene rings is 6. The molecule has 0 bridgehead atoms. The Hall–Kier alpha value is -4.77. The minimum Gasteiger partial charge on any atom is -0.387 e. The zero-order chi connectivity index (χ0) is 42.8. The number of hydrogen-bond acceptors (Lipinski definition) is 4. The first-order chi connectivity index (χ1) is 28.7. The number of aliphatic hydroxyl groups is 1. The summed E-state index contributed by atoms with van der Waals surface area (Å²) in [5.41, 5.74) is 9.38. The number of aliphatic hydroxyl groups excluding tert-OH is 1. The van der Waals surface area contributed by atoms with Crippen molar-refractivity contribution in [3.63, 3.8) is 0 Å². The monoisotopic (exact) mass is 916 g/mol. The SMILES string of the molecule is Cc1ccccc1Cn1c(=N)n(CC(=O)c2ccc(Cl)c(Cl)c2)c2ccc(Cl)cc21.Cc1ccccc1Cn1c(=N)n(CC(O)c2ccc(Cl)c(Cl)c2)c2ccc(Cl)cc21. The number of aromatic nitrogens is 4. The topological polar surface area (TPSA) is 105 Å². The minimum absolute atomic E-state index is 0.00962. The highest BCUT2D eigenvalue weighted by atomic mass is 35.5. The third-order valence-corrected chi connectivity index (χ3v) is 12.4. The largest absolute Gasteiger partial charge is 0.387 e. The molecule has 306 valence electrons. The van der Waals surface area contributed by atoms with Gasteiger partial charge in [-0.1, -0.05) is 124 Å². The van der Waals surface area contributed by atoms with E-state index < -0.39 is 6.10 Å². The second-order valence-corrected chi connectivity index (χ2v) is 16.9. The third-order valence-electron chi connectivity index (χ3n) is 10.5. The first-order valence-electron chi connectivity index (χ1n) is 18.8. The lowest BCUT2D eigenvalue weighted by atomic mass is 10.1. The molecule has 1 unspecified atom stereocenters. The molecule has 1 atom stereocenters. The molecule has 60 heavy (non-hydrogen) atoms. The molecule has 8 rings (SSSR count). The van der Waals surface area contributed by atoms with Crippen molar-refractivity contribution in [3.8, 4) is 0 Å². The third kappa shape index (κ3) is 9.26. The van der Waals surface area contributed by atoms with Crippen molar-refractivity contribution in [3.05, 3.63) is 196 Å². The first-order valence-corrected chi connectivity index (χ1v) is 21.0. The summed E-state index contributed by atoms with van der Waals surface area (Å²) < 4.78 is 7.25. The maximum atomic E-state index is 12.9. The molecule has 0 fully saturated rings. The quantitative estimate of drug-likeness (QED) is 0.119. The molecule has 14 heteroatoms. The van der Waals surface area contributed by atoms with E-state index in [1.54, 1.807) is 57.7 Å². The van der Waals surface area contributed by atoms with Crippen LogP contribution in [0.3, 0.4) is 0 Å². The Morgan fingerprint density at radius 3 is 1.55 bits per heavy atom. The Balaban J connectivity index is 0.000000181. The van der Waals surface area contributed by atoms with Crippen LogP contribution in [0.15, 0.2) is 121 Å². The summed E-state index contributed by atoms with van der Waals surface area (Å²) in [6.45, 7) is 5.36. The number of nitrogens with zero attached hydrogens (tertiary/aromatic N) is 4. The molecule has 3 N–H and O–H groups in total. The van der Waals surface area contributed by atoms with Gasteiger partial charge in [0.25, 0.3) is 0 Å². The van der Waals surface area contributed by atoms with Gasteiger partial charge in [0, 0.05) is 15.6 Å². The molecule has 0 spiro atoms. The highest BCUT2D eigenvalue weighted by Crippen LogP contribution is 2.28. The van der Waals surface area contributed by atoms with E-state index in [2.05, 4.69) is 19.1 Å². The van der Waals surface area contributed by atoms with Gasteiger partial charge < -0.3 is 23.4 Å².